The van der Waals surface area contributed by atoms with Gasteiger partial charge in [0.05, 0.1) is 11.4 Å². The van der Waals surface area contributed by atoms with Crippen LogP contribution in [0.3, 0.4) is 0 Å². The molecule has 1 N–H and O–H groups in total. The number of rotatable bonds is 5. The van der Waals surface area contributed by atoms with Crippen molar-refractivity contribution in [3.8, 4) is 0 Å². The molecule has 26 heavy (non-hydrogen) atoms. The first-order valence-electron chi connectivity index (χ1n) is 8.84. The van der Waals surface area contributed by atoms with Gasteiger partial charge in [-0.05, 0) is 38.5 Å². The SMILES string of the molecule is CCNC(=NCc1ccc(S(=O)(=O)N(C)C)cc1)N1CCSC(C)(C)C1. The van der Waals surface area contributed by atoms with Crippen LogP contribution in [0.1, 0.15) is 26.3 Å². The highest BCUT2D eigenvalue weighted by atomic mass is 32.2. The number of hydrogen-bond acceptors (Lipinski definition) is 4. The summed E-state index contributed by atoms with van der Waals surface area (Å²) in [6.45, 7) is 9.88. The predicted octanol–water partition coefficient (Wildman–Crippen LogP) is 2.23. The average molecular weight is 399 g/mol. The molecule has 0 aromatic heterocycles. The van der Waals surface area contributed by atoms with Crippen molar-refractivity contribution in [2.24, 2.45) is 4.99 Å². The lowest BCUT2D eigenvalue weighted by Gasteiger charge is -2.39. The highest BCUT2D eigenvalue weighted by Crippen LogP contribution is 2.29. The van der Waals surface area contributed by atoms with E-state index in [1.165, 1.54) is 18.4 Å². The molecular weight excluding hydrogens is 368 g/mol. The second-order valence-electron chi connectivity index (χ2n) is 7.13. The summed E-state index contributed by atoms with van der Waals surface area (Å²) < 4.78 is 25.7. The summed E-state index contributed by atoms with van der Waals surface area (Å²) in [4.78, 5) is 7.38. The molecule has 6 nitrogen and oxygen atoms in total. The minimum atomic E-state index is -3.39. The maximum atomic E-state index is 12.1. The van der Waals surface area contributed by atoms with Crippen molar-refractivity contribution in [2.75, 3.05) is 39.5 Å². The largest absolute Gasteiger partial charge is 0.357 e. The molecule has 0 bridgehead atoms. The first-order chi connectivity index (χ1) is 12.2. The highest BCUT2D eigenvalue weighted by molar-refractivity contribution is 8.00. The van der Waals surface area contributed by atoms with E-state index in [4.69, 9.17) is 4.99 Å². The molecule has 1 saturated heterocycles. The van der Waals surface area contributed by atoms with Crippen molar-refractivity contribution in [2.45, 2.75) is 37.0 Å². The first kappa shape index (κ1) is 21.1. The number of sulfonamides is 1. The summed E-state index contributed by atoms with van der Waals surface area (Å²) in [5.41, 5.74) is 0.990. The van der Waals surface area contributed by atoms with Crippen LogP contribution >= 0.6 is 11.8 Å². The third-order valence-corrected chi connectivity index (χ3v) is 7.30. The Morgan fingerprint density at radius 1 is 1.31 bits per heavy atom. The van der Waals surface area contributed by atoms with Crippen LogP contribution < -0.4 is 5.32 Å². The van der Waals surface area contributed by atoms with Gasteiger partial charge in [-0.25, -0.2) is 17.7 Å². The third kappa shape index (κ3) is 5.37. The van der Waals surface area contributed by atoms with Gasteiger partial charge in [0.15, 0.2) is 5.96 Å². The number of nitrogens with zero attached hydrogens (tertiary/aromatic N) is 3. The van der Waals surface area contributed by atoms with Crippen LogP contribution in [0.5, 0.6) is 0 Å². The summed E-state index contributed by atoms with van der Waals surface area (Å²) in [7, 11) is -0.316. The Morgan fingerprint density at radius 2 is 1.96 bits per heavy atom. The standard InChI is InChI=1S/C18H30N4O2S2/c1-6-19-17(22-11-12-25-18(2,3)14-22)20-13-15-7-9-16(10-8-15)26(23,24)21(4)5/h7-10H,6,11-14H2,1-5H3,(H,19,20). The number of hydrogen-bond donors (Lipinski definition) is 1. The van der Waals surface area contributed by atoms with Gasteiger partial charge in [-0.2, -0.15) is 11.8 Å². The average Bonchev–Trinajstić information content (AvgIpc) is 2.58. The molecule has 1 aromatic rings. The third-order valence-electron chi connectivity index (χ3n) is 4.17. The molecule has 0 amide bonds. The molecule has 146 valence electrons. The van der Waals surface area contributed by atoms with Crippen molar-refractivity contribution in [1.82, 2.24) is 14.5 Å². The Labute approximate surface area is 162 Å². The summed E-state index contributed by atoms with van der Waals surface area (Å²) >= 11 is 1.99. The summed E-state index contributed by atoms with van der Waals surface area (Å²) in [6.07, 6.45) is 0. The number of thioether (sulfide) groups is 1. The molecule has 0 spiro atoms. The van der Waals surface area contributed by atoms with E-state index in [1.54, 1.807) is 12.1 Å². The fourth-order valence-corrected chi connectivity index (χ4v) is 4.78. The predicted molar refractivity (Wildman–Crippen MR) is 110 cm³/mol. The van der Waals surface area contributed by atoms with E-state index in [0.717, 1.165) is 36.9 Å². The van der Waals surface area contributed by atoms with Gasteiger partial charge in [-0.15, -0.1) is 0 Å². The first-order valence-corrected chi connectivity index (χ1v) is 11.3. The normalized spacial score (nSPS) is 18.2. The zero-order valence-electron chi connectivity index (χ0n) is 16.3. The second kappa shape index (κ2) is 8.63. The fourth-order valence-electron chi connectivity index (χ4n) is 2.77. The minimum absolute atomic E-state index is 0.219. The van der Waals surface area contributed by atoms with Gasteiger partial charge in [0.2, 0.25) is 10.0 Å². The Morgan fingerprint density at radius 3 is 2.50 bits per heavy atom. The number of benzene rings is 1. The molecule has 8 heteroatoms. The zero-order valence-corrected chi connectivity index (χ0v) is 18.0. The minimum Gasteiger partial charge on any atom is -0.357 e. The van der Waals surface area contributed by atoms with Crippen LogP contribution in [0.2, 0.25) is 0 Å². The van der Waals surface area contributed by atoms with Crippen LogP contribution in [0.4, 0.5) is 0 Å². The lowest BCUT2D eigenvalue weighted by molar-refractivity contribution is 0.376. The molecule has 1 heterocycles. The molecule has 1 aromatic carbocycles. The van der Waals surface area contributed by atoms with E-state index in [1.807, 2.05) is 23.9 Å². The van der Waals surface area contributed by atoms with Crippen LogP contribution in [0, 0.1) is 0 Å². The van der Waals surface area contributed by atoms with Gasteiger partial charge in [0.25, 0.3) is 0 Å². The van der Waals surface area contributed by atoms with Gasteiger partial charge < -0.3 is 10.2 Å². The van der Waals surface area contributed by atoms with Gasteiger partial charge >= 0.3 is 0 Å². The smallest absolute Gasteiger partial charge is 0.242 e. The number of aliphatic imine (C=N–C) groups is 1. The molecular formula is C18H30N4O2S2. The van der Waals surface area contributed by atoms with Crippen LogP contribution in [-0.4, -0.2) is 67.8 Å². The van der Waals surface area contributed by atoms with Crippen molar-refractivity contribution in [3.63, 3.8) is 0 Å². The number of guanidine groups is 1. The van der Waals surface area contributed by atoms with Crippen molar-refractivity contribution in [3.05, 3.63) is 29.8 Å². The topological polar surface area (TPSA) is 65.0 Å². The molecule has 0 radical (unpaired) electrons. The van der Waals surface area contributed by atoms with E-state index in [0.29, 0.717) is 11.4 Å². The van der Waals surface area contributed by atoms with Crippen LogP contribution in [-0.2, 0) is 16.6 Å². The Kier molecular flexibility index (Phi) is 6.99. The van der Waals surface area contributed by atoms with Crippen LogP contribution in [0.25, 0.3) is 0 Å². The van der Waals surface area contributed by atoms with E-state index < -0.39 is 10.0 Å². The van der Waals surface area contributed by atoms with Crippen molar-refractivity contribution in [1.29, 1.82) is 0 Å². The Bertz CT molecular complexity index is 728. The maximum absolute atomic E-state index is 12.1. The van der Waals surface area contributed by atoms with E-state index in [2.05, 4.69) is 31.0 Å². The fraction of sp³-hybridized carbons (Fsp3) is 0.611. The molecule has 1 fully saturated rings. The van der Waals surface area contributed by atoms with Crippen LogP contribution in [0.15, 0.2) is 34.2 Å². The van der Waals surface area contributed by atoms with E-state index >= 15 is 0 Å². The lowest BCUT2D eigenvalue weighted by Crippen LogP contribution is -2.50. The molecule has 0 unspecified atom stereocenters. The van der Waals surface area contributed by atoms with Gasteiger partial charge in [0, 0.05) is 44.2 Å². The highest BCUT2D eigenvalue weighted by Gasteiger charge is 2.28. The molecule has 0 atom stereocenters. The molecule has 0 saturated carbocycles. The van der Waals surface area contributed by atoms with Gasteiger partial charge in [-0.3, -0.25) is 0 Å². The second-order valence-corrected chi connectivity index (χ2v) is 11.1. The summed E-state index contributed by atoms with van der Waals surface area (Å²) in [5, 5.41) is 3.38. The molecule has 1 aliphatic rings. The maximum Gasteiger partial charge on any atom is 0.242 e. The zero-order chi connectivity index (χ0) is 19.4. The van der Waals surface area contributed by atoms with Gasteiger partial charge in [0.1, 0.15) is 0 Å². The Balaban J connectivity index is 2.12. The molecule has 2 rings (SSSR count). The summed E-state index contributed by atoms with van der Waals surface area (Å²) in [5.74, 6) is 2.01. The lowest BCUT2D eigenvalue weighted by atomic mass is 10.2. The molecule has 0 aliphatic carbocycles. The monoisotopic (exact) mass is 398 g/mol. The van der Waals surface area contributed by atoms with Crippen molar-refractivity contribution < 1.29 is 8.42 Å². The summed E-state index contributed by atoms with van der Waals surface area (Å²) in [6, 6.07) is 6.96. The van der Waals surface area contributed by atoms with Gasteiger partial charge in [-0.1, -0.05) is 12.1 Å². The molecule has 1 aliphatic heterocycles. The quantitative estimate of drug-likeness (QED) is 0.609. The van der Waals surface area contributed by atoms with Crippen molar-refractivity contribution >= 4 is 27.7 Å². The number of nitrogens with one attached hydrogen (secondary N) is 1. The Hall–Kier alpha value is -1.25. The van der Waals surface area contributed by atoms with E-state index in [-0.39, 0.29) is 4.75 Å². The van der Waals surface area contributed by atoms with E-state index in [9.17, 15) is 8.42 Å².